The van der Waals surface area contributed by atoms with Crippen molar-refractivity contribution in [3.8, 4) is 5.75 Å². The molecule has 0 aliphatic carbocycles. The van der Waals surface area contributed by atoms with E-state index in [-0.39, 0.29) is 6.10 Å². The molecular weight excluding hydrogens is 228 g/mol. The summed E-state index contributed by atoms with van der Waals surface area (Å²) in [5.74, 6) is 1.75. The zero-order valence-electron chi connectivity index (χ0n) is 10.7. The van der Waals surface area contributed by atoms with Crippen LogP contribution >= 0.6 is 0 Å². The van der Waals surface area contributed by atoms with Gasteiger partial charge in [0, 0.05) is 12.6 Å². The van der Waals surface area contributed by atoms with E-state index in [9.17, 15) is 0 Å². The summed E-state index contributed by atoms with van der Waals surface area (Å²) in [6, 6.07) is 9.96. The van der Waals surface area contributed by atoms with Crippen molar-refractivity contribution in [3.05, 3.63) is 47.9 Å². The summed E-state index contributed by atoms with van der Waals surface area (Å²) < 4.78 is 10.6. The molecule has 96 valence electrons. The highest BCUT2D eigenvalue weighted by Crippen LogP contribution is 2.13. The van der Waals surface area contributed by atoms with Crippen molar-refractivity contribution in [1.29, 1.82) is 0 Å². The van der Waals surface area contributed by atoms with Crippen LogP contribution in [0.4, 0.5) is 0 Å². The average Bonchev–Trinajstić information content (AvgIpc) is 2.84. The Labute approximate surface area is 107 Å². The molecule has 0 atom stereocenters. The van der Waals surface area contributed by atoms with Crippen molar-refractivity contribution in [1.82, 2.24) is 10.5 Å². The summed E-state index contributed by atoms with van der Waals surface area (Å²) in [4.78, 5) is 0. The Bertz CT molecular complexity index is 449. The fourth-order valence-corrected chi connectivity index (χ4v) is 1.62. The molecule has 0 spiro atoms. The van der Waals surface area contributed by atoms with Gasteiger partial charge in [0.1, 0.15) is 11.5 Å². The van der Waals surface area contributed by atoms with Gasteiger partial charge >= 0.3 is 0 Å². The minimum absolute atomic E-state index is 0.209. The van der Waals surface area contributed by atoms with Gasteiger partial charge in [-0.2, -0.15) is 0 Å². The van der Waals surface area contributed by atoms with E-state index in [1.807, 2.05) is 32.0 Å². The first-order valence-corrected chi connectivity index (χ1v) is 6.10. The Balaban J connectivity index is 1.79. The highest BCUT2D eigenvalue weighted by Gasteiger charge is 1.99. The maximum Gasteiger partial charge on any atom is 0.150 e. The largest absolute Gasteiger partial charge is 0.491 e. The maximum atomic E-state index is 5.59. The molecule has 2 aromatic rings. The molecule has 0 saturated carbocycles. The standard InChI is InChI=1S/C14H18N2O2/c1-11(2)17-13-5-3-12(4-6-13)9-15-10-14-7-8-16-18-14/h3-8,11,15H,9-10H2,1-2H3. The molecule has 1 aromatic heterocycles. The molecule has 0 unspecified atom stereocenters. The van der Waals surface area contributed by atoms with Crippen LogP contribution in [0.5, 0.6) is 5.75 Å². The van der Waals surface area contributed by atoms with E-state index in [0.29, 0.717) is 6.54 Å². The molecule has 1 aromatic carbocycles. The van der Waals surface area contributed by atoms with E-state index < -0.39 is 0 Å². The molecule has 0 bridgehead atoms. The summed E-state index contributed by atoms with van der Waals surface area (Å²) in [5.41, 5.74) is 1.21. The SMILES string of the molecule is CC(C)Oc1ccc(CNCc2ccno2)cc1. The summed E-state index contributed by atoms with van der Waals surface area (Å²) >= 11 is 0. The van der Waals surface area contributed by atoms with Crippen molar-refractivity contribution in [2.24, 2.45) is 0 Å². The number of nitrogens with zero attached hydrogens (tertiary/aromatic N) is 1. The second kappa shape index (κ2) is 6.21. The predicted octanol–water partition coefficient (Wildman–Crippen LogP) is 2.75. The molecule has 4 heteroatoms. The fraction of sp³-hybridized carbons (Fsp3) is 0.357. The molecule has 2 rings (SSSR count). The third-order valence-corrected chi connectivity index (χ3v) is 2.41. The lowest BCUT2D eigenvalue weighted by molar-refractivity contribution is 0.242. The smallest absolute Gasteiger partial charge is 0.150 e. The third kappa shape index (κ3) is 3.89. The highest BCUT2D eigenvalue weighted by molar-refractivity contribution is 5.27. The number of nitrogens with one attached hydrogen (secondary N) is 1. The Morgan fingerprint density at radius 1 is 1.17 bits per heavy atom. The van der Waals surface area contributed by atoms with E-state index in [2.05, 4.69) is 22.6 Å². The molecule has 1 N–H and O–H groups in total. The molecule has 0 amide bonds. The van der Waals surface area contributed by atoms with Crippen LogP contribution in [-0.4, -0.2) is 11.3 Å². The van der Waals surface area contributed by atoms with Gasteiger partial charge in [-0.15, -0.1) is 0 Å². The molecule has 0 radical (unpaired) electrons. The molecular formula is C14H18N2O2. The van der Waals surface area contributed by atoms with Crippen LogP contribution in [0.25, 0.3) is 0 Å². The first kappa shape index (κ1) is 12.6. The number of ether oxygens (including phenoxy) is 1. The number of rotatable bonds is 6. The summed E-state index contributed by atoms with van der Waals surface area (Å²) in [5, 5.41) is 6.95. The van der Waals surface area contributed by atoms with Gasteiger partial charge in [0.15, 0.2) is 0 Å². The zero-order valence-corrected chi connectivity index (χ0v) is 10.7. The minimum atomic E-state index is 0.209. The highest BCUT2D eigenvalue weighted by atomic mass is 16.5. The molecule has 18 heavy (non-hydrogen) atoms. The van der Waals surface area contributed by atoms with E-state index in [0.717, 1.165) is 18.1 Å². The number of hydrogen-bond donors (Lipinski definition) is 1. The predicted molar refractivity (Wildman–Crippen MR) is 69.3 cm³/mol. The van der Waals surface area contributed by atoms with Crippen molar-refractivity contribution >= 4 is 0 Å². The van der Waals surface area contributed by atoms with E-state index >= 15 is 0 Å². The quantitative estimate of drug-likeness (QED) is 0.851. The van der Waals surface area contributed by atoms with Gasteiger partial charge in [0.05, 0.1) is 18.8 Å². The zero-order chi connectivity index (χ0) is 12.8. The molecule has 1 heterocycles. The fourth-order valence-electron chi connectivity index (χ4n) is 1.62. The van der Waals surface area contributed by atoms with Gasteiger partial charge < -0.3 is 14.6 Å². The molecule has 0 fully saturated rings. The van der Waals surface area contributed by atoms with Crippen LogP contribution < -0.4 is 10.1 Å². The number of aromatic nitrogens is 1. The topological polar surface area (TPSA) is 47.3 Å². The second-order valence-corrected chi connectivity index (χ2v) is 4.39. The summed E-state index contributed by atoms with van der Waals surface area (Å²) in [6.45, 7) is 5.52. The van der Waals surface area contributed by atoms with Gasteiger partial charge in [0.2, 0.25) is 0 Å². The van der Waals surface area contributed by atoms with E-state index in [4.69, 9.17) is 9.26 Å². The van der Waals surface area contributed by atoms with Crippen molar-refractivity contribution in [2.45, 2.75) is 33.0 Å². The van der Waals surface area contributed by atoms with Gasteiger partial charge in [-0.25, -0.2) is 0 Å². The van der Waals surface area contributed by atoms with Crippen molar-refractivity contribution in [3.63, 3.8) is 0 Å². The molecule has 4 nitrogen and oxygen atoms in total. The lowest BCUT2D eigenvalue weighted by Gasteiger charge is -2.10. The first-order chi connectivity index (χ1) is 8.74. The van der Waals surface area contributed by atoms with Gasteiger partial charge in [-0.05, 0) is 31.5 Å². The van der Waals surface area contributed by atoms with Gasteiger partial charge in [-0.3, -0.25) is 0 Å². The van der Waals surface area contributed by atoms with Crippen LogP contribution in [0.1, 0.15) is 25.2 Å². The lowest BCUT2D eigenvalue weighted by atomic mass is 10.2. The Morgan fingerprint density at radius 3 is 2.56 bits per heavy atom. The van der Waals surface area contributed by atoms with E-state index in [1.165, 1.54) is 5.56 Å². The third-order valence-electron chi connectivity index (χ3n) is 2.41. The molecule has 0 aliphatic heterocycles. The molecule has 0 aliphatic rings. The van der Waals surface area contributed by atoms with Gasteiger partial charge in [0.25, 0.3) is 0 Å². The van der Waals surface area contributed by atoms with Crippen LogP contribution in [0.15, 0.2) is 41.1 Å². The normalized spacial score (nSPS) is 10.8. The van der Waals surface area contributed by atoms with E-state index in [1.54, 1.807) is 6.20 Å². The van der Waals surface area contributed by atoms with Gasteiger partial charge in [-0.1, -0.05) is 17.3 Å². The Morgan fingerprint density at radius 2 is 1.94 bits per heavy atom. The minimum Gasteiger partial charge on any atom is -0.491 e. The summed E-state index contributed by atoms with van der Waals surface area (Å²) in [7, 11) is 0. The Hall–Kier alpha value is -1.81. The number of benzene rings is 1. The average molecular weight is 246 g/mol. The van der Waals surface area contributed by atoms with Crippen LogP contribution in [-0.2, 0) is 13.1 Å². The van der Waals surface area contributed by atoms with Crippen LogP contribution in [0.2, 0.25) is 0 Å². The van der Waals surface area contributed by atoms with Crippen LogP contribution in [0, 0.1) is 0 Å². The van der Waals surface area contributed by atoms with Crippen molar-refractivity contribution in [2.75, 3.05) is 0 Å². The first-order valence-electron chi connectivity index (χ1n) is 6.10. The maximum absolute atomic E-state index is 5.59. The lowest BCUT2D eigenvalue weighted by Crippen LogP contribution is -2.12. The Kier molecular flexibility index (Phi) is 4.36. The monoisotopic (exact) mass is 246 g/mol. The number of hydrogen-bond acceptors (Lipinski definition) is 4. The van der Waals surface area contributed by atoms with Crippen LogP contribution in [0.3, 0.4) is 0 Å². The summed E-state index contributed by atoms with van der Waals surface area (Å²) in [6.07, 6.45) is 1.86. The van der Waals surface area contributed by atoms with Crippen molar-refractivity contribution < 1.29 is 9.26 Å². The molecule has 0 saturated heterocycles. The second-order valence-electron chi connectivity index (χ2n) is 4.39.